The number of carbonyl (C=O) groups is 1. The Balaban J connectivity index is 2.97. The number of anilines is 1. The molecule has 4 heteroatoms. The third-order valence-electron chi connectivity index (χ3n) is 1.59. The number of nitrogens with zero attached hydrogens (tertiary/aromatic N) is 1. The van der Waals surface area contributed by atoms with E-state index in [1.165, 1.54) is 0 Å². The van der Waals surface area contributed by atoms with Crippen molar-refractivity contribution in [2.75, 3.05) is 5.32 Å². The van der Waals surface area contributed by atoms with E-state index in [0.29, 0.717) is 17.8 Å². The van der Waals surface area contributed by atoms with Gasteiger partial charge in [0.1, 0.15) is 5.75 Å². The highest BCUT2D eigenvalue weighted by molar-refractivity contribution is 5.74. The quantitative estimate of drug-likeness (QED) is 0.559. The van der Waals surface area contributed by atoms with Gasteiger partial charge in [-0.3, -0.25) is 4.79 Å². The molecule has 0 bridgehead atoms. The Hall–Kier alpha value is -2.02. The molecule has 0 aliphatic rings. The maximum atomic E-state index is 10.2. The summed E-state index contributed by atoms with van der Waals surface area (Å²) < 4.78 is 4.60. The lowest BCUT2D eigenvalue weighted by Crippen LogP contribution is -1.96. The van der Waals surface area contributed by atoms with E-state index in [4.69, 9.17) is 5.26 Å². The number of carbonyl (C=O) groups excluding carboxylic acids is 1. The number of benzene rings is 1. The van der Waals surface area contributed by atoms with E-state index in [-0.39, 0.29) is 0 Å². The van der Waals surface area contributed by atoms with Gasteiger partial charge in [0.05, 0.1) is 0 Å². The Morgan fingerprint density at radius 2 is 2.38 bits per heavy atom. The first-order valence-corrected chi connectivity index (χ1v) is 3.64. The summed E-state index contributed by atoms with van der Waals surface area (Å²) in [4.78, 5) is 10.2. The molecule has 0 heterocycles. The number of rotatable bonds is 3. The summed E-state index contributed by atoms with van der Waals surface area (Å²) in [5.74, 6) is 0.414. The first-order chi connectivity index (χ1) is 6.27. The van der Waals surface area contributed by atoms with Gasteiger partial charge in [-0.1, -0.05) is 6.07 Å². The maximum Gasteiger partial charge on any atom is 0.292 e. The fourth-order valence-electron chi connectivity index (χ4n) is 0.936. The van der Waals surface area contributed by atoms with Gasteiger partial charge in [0, 0.05) is 11.8 Å². The minimum Gasteiger partial charge on any atom is -0.388 e. The number of hydrogen-bond acceptors (Lipinski definition) is 3. The molecule has 0 aliphatic heterocycles. The molecule has 0 atom stereocenters. The fraction of sp³-hybridized carbons (Fsp3) is 0.111. The fourth-order valence-corrected chi connectivity index (χ4v) is 0.936. The lowest BCUT2D eigenvalue weighted by atomic mass is 10.2. The minimum atomic E-state index is 0.414. The third-order valence-corrected chi connectivity index (χ3v) is 1.59. The second-order valence-corrected chi connectivity index (χ2v) is 2.43. The highest BCUT2D eigenvalue weighted by Gasteiger charge is 1.99. The van der Waals surface area contributed by atoms with E-state index in [2.05, 4.69) is 10.1 Å². The molecule has 1 N–H and O–H groups in total. The van der Waals surface area contributed by atoms with Gasteiger partial charge in [0.25, 0.3) is 6.26 Å². The Morgan fingerprint density at radius 1 is 1.62 bits per heavy atom. The van der Waals surface area contributed by atoms with Gasteiger partial charge in [-0.05, 0) is 18.6 Å². The van der Waals surface area contributed by atoms with Crippen molar-refractivity contribution in [3.63, 3.8) is 0 Å². The van der Waals surface area contributed by atoms with Crippen molar-refractivity contribution >= 4 is 12.1 Å². The Kier molecular flexibility index (Phi) is 2.87. The molecule has 1 aromatic carbocycles. The predicted octanol–water partition coefficient (Wildman–Crippen LogP) is 1.42. The minimum absolute atomic E-state index is 0.414. The predicted molar refractivity (Wildman–Crippen MR) is 47.1 cm³/mol. The highest BCUT2D eigenvalue weighted by Crippen LogP contribution is 2.21. The lowest BCUT2D eigenvalue weighted by Gasteiger charge is -2.04. The molecule has 1 rings (SSSR count). The number of nitriles is 1. The van der Waals surface area contributed by atoms with E-state index in [1.807, 2.05) is 6.92 Å². The van der Waals surface area contributed by atoms with Gasteiger partial charge in [0.15, 0.2) is 0 Å². The van der Waals surface area contributed by atoms with Crippen molar-refractivity contribution in [3.8, 4) is 12.0 Å². The topological polar surface area (TPSA) is 62.1 Å². The summed E-state index contributed by atoms with van der Waals surface area (Å²) in [6.45, 7) is 1.85. The van der Waals surface area contributed by atoms with Crippen molar-refractivity contribution in [1.82, 2.24) is 0 Å². The van der Waals surface area contributed by atoms with Crippen LogP contribution in [0.3, 0.4) is 0 Å². The van der Waals surface area contributed by atoms with Crippen LogP contribution < -0.4 is 10.1 Å². The normalized spacial score (nSPS) is 8.62. The molecule has 1 amide bonds. The Bertz CT molecular complexity index is 355. The summed E-state index contributed by atoms with van der Waals surface area (Å²) in [5, 5.41) is 10.8. The molecule has 0 spiro atoms. The van der Waals surface area contributed by atoms with Gasteiger partial charge in [-0.25, -0.2) is 0 Å². The van der Waals surface area contributed by atoms with Crippen LogP contribution in [-0.2, 0) is 4.79 Å². The number of aryl methyl sites for hydroxylation is 1. The van der Waals surface area contributed by atoms with Crippen LogP contribution in [0.2, 0.25) is 0 Å². The Morgan fingerprint density at radius 3 is 3.00 bits per heavy atom. The number of hydrogen-bond donors (Lipinski definition) is 1. The first kappa shape index (κ1) is 9.07. The lowest BCUT2D eigenvalue weighted by molar-refractivity contribution is -0.105. The smallest absolute Gasteiger partial charge is 0.292 e. The van der Waals surface area contributed by atoms with Crippen LogP contribution in [0.5, 0.6) is 5.75 Å². The average Bonchev–Trinajstić information content (AvgIpc) is 2.12. The number of nitrogens with one attached hydrogen (secondary N) is 1. The average molecular weight is 176 g/mol. The van der Waals surface area contributed by atoms with Gasteiger partial charge >= 0.3 is 0 Å². The Labute approximate surface area is 75.7 Å². The van der Waals surface area contributed by atoms with E-state index in [1.54, 1.807) is 24.5 Å². The molecule has 4 nitrogen and oxygen atoms in total. The zero-order valence-electron chi connectivity index (χ0n) is 7.07. The van der Waals surface area contributed by atoms with E-state index in [0.717, 1.165) is 5.56 Å². The molecule has 0 unspecified atom stereocenters. The van der Waals surface area contributed by atoms with E-state index in [9.17, 15) is 4.79 Å². The summed E-state index contributed by atoms with van der Waals surface area (Å²) in [7, 11) is 0. The molecule has 0 aromatic heterocycles. The van der Waals surface area contributed by atoms with Crippen LogP contribution in [0.15, 0.2) is 18.2 Å². The molecule has 0 saturated heterocycles. The maximum absolute atomic E-state index is 10.2. The first-order valence-electron chi connectivity index (χ1n) is 3.64. The number of amides is 1. The van der Waals surface area contributed by atoms with Crippen LogP contribution >= 0.6 is 0 Å². The van der Waals surface area contributed by atoms with Crippen molar-refractivity contribution in [2.45, 2.75) is 6.92 Å². The van der Waals surface area contributed by atoms with Crippen LogP contribution in [0.4, 0.5) is 5.69 Å². The van der Waals surface area contributed by atoms with Crippen LogP contribution in [0.25, 0.3) is 0 Å². The molecular formula is C9H8N2O2. The summed E-state index contributed by atoms with van der Waals surface area (Å²) in [6.07, 6.45) is 2.14. The molecule has 0 saturated carbocycles. The second-order valence-electron chi connectivity index (χ2n) is 2.43. The largest absolute Gasteiger partial charge is 0.388 e. The second kappa shape index (κ2) is 4.12. The van der Waals surface area contributed by atoms with Crippen molar-refractivity contribution in [3.05, 3.63) is 23.8 Å². The molecule has 13 heavy (non-hydrogen) atoms. The molecule has 0 fully saturated rings. The van der Waals surface area contributed by atoms with Crippen LogP contribution in [-0.4, -0.2) is 6.41 Å². The summed E-state index contributed by atoms with van der Waals surface area (Å²) in [6, 6.07) is 5.01. The van der Waals surface area contributed by atoms with Crippen molar-refractivity contribution in [2.24, 2.45) is 0 Å². The van der Waals surface area contributed by atoms with E-state index >= 15 is 0 Å². The van der Waals surface area contributed by atoms with Crippen LogP contribution in [0.1, 0.15) is 5.56 Å². The SMILES string of the molecule is Cc1ccc(OC#N)cc1NC=O. The highest BCUT2D eigenvalue weighted by atomic mass is 16.5. The molecular weight excluding hydrogens is 168 g/mol. The zero-order chi connectivity index (χ0) is 9.68. The van der Waals surface area contributed by atoms with Gasteiger partial charge in [-0.15, -0.1) is 5.26 Å². The monoisotopic (exact) mass is 176 g/mol. The molecule has 1 aromatic rings. The van der Waals surface area contributed by atoms with Crippen molar-refractivity contribution < 1.29 is 9.53 Å². The van der Waals surface area contributed by atoms with Gasteiger partial charge < -0.3 is 10.1 Å². The summed E-state index contributed by atoms with van der Waals surface area (Å²) in [5.41, 5.74) is 1.56. The molecule has 66 valence electrons. The van der Waals surface area contributed by atoms with Gasteiger partial charge in [0.2, 0.25) is 6.41 Å². The molecule has 0 radical (unpaired) electrons. The summed E-state index contributed by atoms with van der Waals surface area (Å²) >= 11 is 0. The van der Waals surface area contributed by atoms with Crippen LogP contribution in [0, 0.1) is 18.4 Å². The van der Waals surface area contributed by atoms with Gasteiger partial charge in [-0.2, -0.15) is 0 Å². The number of ether oxygens (including phenoxy) is 1. The third kappa shape index (κ3) is 2.20. The standard InChI is InChI=1S/C9H8N2O2/c1-7-2-3-8(13-5-10)4-9(7)11-6-12/h2-4,6H,1H3,(H,11,12). The van der Waals surface area contributed by atoms with E-state index < -0.39 is 0 Å². The zero-order valence-corrected chi connectivity index (χ0v) is 7.07. The van der Waals surface area contributed by atoms with Crippen molar-refractivity contribution in [1.29, 1.82) is 5.26 Å². The molecule has 0 aliphatic carbocycles.